The van der Waals surface area contributed by atoms with Crippen LogP contribution in [0.2, 0.25) is 54.4 Å². The minimum atomic E-state index is -3.88. The number of aromatic nitrogens is 1. The molecule has 0 amide bonds. The van der Waals surface area contributed by atoms with E-state index in [1.165, 1.54) is 0 Å². The van der Waals surface area contributed by atoms with E-state index in [-0.39, 0.29) is 32.5 Å². The van der Waals surface area contributed by atoms with E-state index in [1.54, 1.807) is 6.92 Å². The second-order valence-corrected chi connectivity index (χ2v) is 33.0. The fourth-order valence-corrected chi connectivity index (χ4v) is 11.1. The number of aliphatic hydroxyl groups is 1. The molecule has 1 aromatic heterocycles. The van der Waals surface area contributed by atoms with Crippen LogP contribution in [0, 0.1) is 0 Å². The van der Waals surface area contributed by atoms with Crippen molar-refractivity contribution in [1.29, 1.82) is 0 Å². The summed E-state index contributed by atoms with van der Waals surface area (Å²) in [5, 5.41) is 11.5. The molecule has 218 valence electrons. The van der Waals surface area contributed by atoms with Crippen LogP contribution in [0.5, 0.6) is 0 Å². The molecule has 0 saturated heterocycles. The Hall–Kier alpha value is 0.0706. The average molecular weight is 611 g/mol. The SMILES string of the molecule is CC(O)(CO[Si](C)(C)C(C)(C)C)c1nc(CO[Si](C)(C)C(C)(C)C)c(S(=O)(=O)N[Si](C)(C)C(C)(C)C)s1. The fourth-order valence-electron chi connectivity index (χ4n) is 2.47. The summed E-state index contributed by atoms with van der Waals surface area (Å²) in [7, 11) is -10.6. The molecule has 1 heterocycles. The lowest BCUT2D eigenvalue weighted by atomic mass is 10.1. The van der Waals surface area contributed by atoms with E-state index >= 15 is 0 Å². The Bertz CT molecular complexity index is 1050. The van der Waals surface area contributed by atoms with Gasteiger partial charge >= 0.3 is 0 Å². The molecule has 0 aromatic carbocycles. The van der Waals surface area contributed by atoms with E-state index in [2.05, 4.69) is 97.9 Å². The molecule has 37 heavy (non-hydrogen) atoms. The topological polar surface area (TPSA) is 97.8 Å². The van der Waals surface area contributed by atoms with E-state index in [0.717, 1.165) is 11.3 Å². The normalized spacial score (nSPS) is 16.7. The maximum Gasteiger partial charge on any atom is 0.246 e. The smallest absolute Gasteiger partial charge is 0.246 e. The Balaban J connectivity index is 3.53. The Morgan fingerprint density at radius 3 is 1.65 bits per heavy atom. The third kappa shape index (κ3) is 8.53. The average Bonchev–Trinajstić information content (AvgIpc) is 3.08. The lowest BCUT2D eigenvalue weighted by molar-refractivity contribution is 0.00224. The lowest BCUT2D eigenvalue weighted by Gasteiger charge is -2.38. The first-order chi connectivity index (χ1) is 16.0. The first kappa shape index (κ1) is 35.1. The van der Waals surface area contributed by atoms with E-state index in [1.807, 2.05) is 13.1 Å². The van der Waals surface area contributed by atoms with Crippen LogP contribution >= 0.6 is 11.3 Å². The molecule has 1 rings (SSSR count). The predicted octanol–water partition coefficient (Wildman–Crippen LogP) is 7.18. The van der Waals surface area contributed by atoms with Crippen LogP contribution < -0.4 is 4.39 Å². The summed E-state index contributed by atoms with van der Waals surface area (Å²) in [6, 6.07) is 0. The molecule has 0 aliphatic heterocycles. The van der Waals surface area contributed by atoms with Crippen LogP contribution in [0.4, 0.5) is 0 Å². The highest BCUT2D eigenvalue weighted by Gasteiger charge is 2.44. The van der Waals surface area contributed by atoms with Crippen LogP contribution in [0.15, 0.2) is 4.21 Å². The monoisotopic (exact) mass is 610 g/mol. The predicted molar refractivity (Wildman–Crippen MR) is 164 cm³/mol. The zero-order valence-electron chi connectivity index (χ0n) is 26.3. The molecule has 0 saturated carbocycles. The third-order valence-corrected chi connectivity index (χ3v) is 27.1. The largest absolute Gasteiger partial charge is 0.413 e. The van der Waals surface area contributed by atoms with Crippen molar-refractivity contribution in [2.24, 2.45) is 0 Å². The molecule has 0 radical (unpaired) electrons. The maximum atomic E-state index is 13.8. The molecule has 0 spiro atoms. The molecular weight excluding hydrogens is 557 g/mol. The number of thiazole rings is 1. The van der Waals surface area contributed by atoms with Gasteiger partial charge in [0.05, 0.1) is 18.9 Å². The van der Waals surface area contributed by atoms with Gasteiger partial charge in [-0.3, -0.25) is 0 Å². The van der Waals surface area contributed by atoms with Gasteiger partial charge in [-0.05, 0) is 48.2 Å². The van der Waals surface area contributed by atoms with E-state index in [0.29, 0.717) is 10.7 Å². The van der Waals surface area contributed by atoms with Crippen molar-refractivity contribution in [2.45, 2.75) is 140 Å². The Kier molecular flexibility index (Phi) is 10.3. The number of hydrogen-bond acceptors (Lipinski definition) is 7. The van der Waals surface area contributed by atoms with Gasteiger partial charge < -0.3 is 14.0 Å². The highest BCUT2D eigenvalue weighted by atomic mass is 32.2. The van der Waals surface area contributed by atoms with Crippen molar-refractivity contribution in [2.75, 3.05) is 6.61 Å². The van der Waals surface area contributed by atoms with Crippen molar-refractivity contribution >= 4 is 46.2 Å². The molecule has 0 aliphatic carbocycles. The highest BCUT2D eigenvalue weighted by Crippen LogP contribution is 2.41. The number of hydrogen-bond donors (Lipinski definition) is 2. The molecule has 0 bridgehead atoms. The van der Waals surface area contributed by atoms with Crippen LogP contribution in [0.3, 0.4) is 0 Å². The van der Waals surface area contributed by atoms with Gasteiger partial charge in [0.1, 0.15) is 18.8 Å². The summed E-state index contributed by atoms with van der Waals surface area (Å²) in [5.74, 6) is 0. The van der Waals surface area contributed by atoms with E-state index < -0.39 is 40.5 Å². The van der Waals surface area contributed by atoms with Gasteiger partial charge in [0.2, 0.25) is 10.0 Å². The molecular formula is C25H54N2O5S2Si3. The van der Waals surface area contributed by atoms with Gasteiger partial charge in [-0.15, -0.1) is 11.3 Å². The van der Waals surface area contributed by atoms with Crippen LogP contribution in [-0.2, 0) is 31.1 Å². The standard InChI is InChI=1S/C25H54N2O5S2Si3/c1-22(2,3)35(11,12)27-34(29,30)20-19(17-31-36(13,14)23(4,5)6)26-21(33-20)25(10,28)18-32-37(15,16)24(7,8)9/h27-28H,17-18H2,1-16H3. The second kappa shape index (κ2) is 10.8. The van der Waals surface area contributed by atoms with E-state index in [4.69, 9.17) is 8.85 Å². The first-order valence-corrected chi connectivity index (χ1v) is 24.1. The molecule has 2 N–H and O–H groups in total. The van der Waals surface area contributed by atoms with Crippen molar-refractivity contribution < 1.29 is 22.4 Å². The van der Waals surface area contributed by atoms with Gasteiger partial charge in [0, 0.05) is 0 Å². The maximum absolute atomic E-state index is 13.8. The Morgan fingerprint density at radius 1 is 0.811 bits per heavy atom. The molecule has 12 heteroatoms. The van der Waals surface area contributed by atoms with Crippen molar-refractivity contribution in [3.8, 4) is 0 Å². The Morgan fingerprint density at radius 2 is 1.24 bits per heavy atom. The molecule has 1 unspecified atom stereocenters. The van der Waals surface area contributed by atoms with Crippen molar-refractivity contribution in [3.05, 3.63) is 10.7 Å². The van der Waals surface area contributed by atoms with Gasteiger partial charge in [0.15, 0.2) is 20.8 Å². The number of nitrogens with zero attached hydrogens (tertiary/aromatic N) is 1. The molecule has 0 fully saturated rings. The van der Waals surface area contributed by atoms with E-state index in [9.17, 15) is 13.5 Å². The van der Waals surface area contributed by atoms with Crippen LogP contribution in [0.1, 0.15) is 79.9 Å². The second-order valence-electron chi connectivity index (χ2n) is 15.1. The summed E-state index contributed by atoms with van der Waals surface area (Å²) in [5.41, 5.74) is -1.08. The Labute approximate surface area is 234 Å². The minimum Gasteiger partial charge on any atom is -0.413 e. The summed E-state index contributed by atoms with van der Waals surface area (Å²) in [6.07, 6.45) is 0. The van der Waals surface area contributed by atoms with Crippen LogP contribution in [-0.4, -0.2) is 50.0 Å². The molecule has 1 aromatic rings. The van der Waals surface area contributed by atoms with Gasteiger partial charge in [-0.1, -0.05) is 75.4 Å². The summed E-state index contributed by atoms with van der Waals surface area (Å²) >= 11 is 1.02. The zero-order valence-corrected chi connectivity index (χ0v) is 30.9. The summed E-state index contributed by atoms with van der Waals surface area (Å²) < 4.78 is 43.4. The zero-order chi connectivity index (χ0) is 29.7. The molecule has 1 atom stereocenters. The number of rotatable bonds is 10. The minimum absolute atomic E-state index is 0.0181. The third-order valence-electron chi connectivity index (χ3n) is 8.53. The van der Waals surface area contributed by atoms with Gasteiger partial charge in [-0.2, -0.15) is 0 Å². The first-order valence-electron chi connectivity index (χ1n) is 13.0. The lowest BCUT2D eigenvalue weighted by Crippen LogP contribution is -2.54. The fraction of sp³-hybridized carbons (Fsp3) is 0.880. The summed E-state index contributed by atoms with van der Waals surface area (Å²) in [4.78, 5) is 4.69. The highest BCUT2D eigenvalue weighted by molar-refractivity contribution is 7.93. The number of sulfonamides is 1. The van der Waals surface area contributed by atoms with Crippen molar-refractivity contribution in [3.63, 3.8) is 0 Å². The summed E-state index contributed by atoms with van der Waals surface area (Å²) in [6.45, 7) is 33.4. The molecule has 0 aliphatic rings. The van der Waals surface area contributed by atoms with Gasteiger partial charge in [0.25, 0.3) is 0 Å². The van der Waals surface area contributed by atoms with Gasteiger partial charge in [-0.25, -0.2) is 17.8 Å². The quantitative estimate of drug-likeness (QED) is 0.272. The molecule has 7 nitrogen and oxygen atoms in total. The van der Waals surface area contributed by atoms with Crippen molar-refractivity contribution in [1.82, 2.24) is 9.37 Å². The van der Waals surface area contributed by atoms with Crippen LogP contribution in [0.25, 0.3) is 0 Å². The number of nitrogens with one attached hydrogen (secondary N) is 1.